The third-order valence-corrected chi connectivity index (χ3v) is 9.94. The Labute approximate surface area is 174 Å². The fraction of sp³-hybridized carbons (Fsp3) is 0.450. The second-order valence-electron chi connectivity index (χ2n) is 7.32. The van der Waals surface area contributed by atoms with Crippen molar-refractivity contribution in [2.24, 2.45) is 5.92 Å². The number of hydrogen-bond acceptors (Lipinski definition) is 4. The number of aromatic carboxylic acids is 1. The van der Waals surface area contributed by atoms with E-state index in [2.05, 4.69) is 6.92 Å². The molecule has 152 valence electrons. The third kappa shape index (κ3) is 4.16. The minimum Gasteiger partial charge on any atom is -0.477 e. The van der Waals surface area contributed by atoms with Crippen molar-refractivity contribution in [2.45, 2.75) is 38.3 Å². The van der Waals surface area contributed by atoms with Gasteiger partial charge in [0.15, 0.2) is 0 Å². The van der Waals surface area contributed by atoms with Crippen molar-refractivity contribution in [1.29, 1.82) is 0 Å². The van der Waals surface area contributed by atoms with E-state index in [1.807, 2.05) is 12.1 Å². The smallest absolute Gasteiger partial charge is 0.348 e. The molecule has 28 heavy (non-hydrogen) atoms. The van der Waals surface area contributed by atoms with Crippen LogP contribution in [0.15, 0.2) is 30.3 Å². The van der Waals surface area contributed by atoms with Crippen LogP contribution < -0.4 is 4.67 Å². The van der Waals surface area contributed by atoms with Crippen LogP contribution in [0, 0.1) is 5.92 Å². The van der Waals surface area contributed by atoms with E-state index in [0.29, 0.717) is 16.6 Å². The van der Waals surface area contributed by atoms with E-state index in [1.165, 1.54) is 18.4 Å². The number of benzene rings is 1. The molecule has 1 aromatic heterocycles. The minimum absolute atomic E-state index is 0.0840. The molecule has 0 bridgehead atoms. The highest BCUT2D eigenvalue weighted by atomic mass is 35.5. The Morgan fingerprint density at radius 1 is 1.25 bits per heavy atom. The number of halogens is 1. The summed E-state index contributed by atoms with van der Waals surface area (Å²) in [6, 6.07) is 9.02. The average Bonchev–Trinajstić information content (AvgIpc) is 3.13. The van der Waals surface area contributed by atoms with Crippen LogP contribution >= 0.6 is 30.5 Å². The van der Waals surface area contributed by atoms with Crippen molar-refractivity contribution in [2.75, 3.05) is 18.8 Å². The molecule has 1 aliphatic carbocycles. The summed E-state index contributed by atoms with van der Waals surface area (Å²) in [7, 11) is -0.0687. The fourth-order valence-electron chi connectivity index (χ4n) is 3.77. The maximum Gasteiger partial charge on any atom is 0.348 e. The molecule has 1 saturated carbocycles. The van der Waals surface area contributed by atoms with E-state index in [4.69, 9.17) is 16.1 Å². The van der Waals surface area contributed by atoms with Crippen molar-refractivity contribution >= 4 is 42.1 Å². The lowest BCUT2D eigenvalue weighted by Gasteiger charge is -2.37. The molecule has 5 nitrogen and oxygen atoms in total. The molecule has 0 spiro atoms. The van der Waals surface area contributed by atoms with Gasteiger partial charge in [-0.15, -0.1) is 11.3 Å². The number of anilines is 1. The summed E-state index contributed by atoms with van der Waals surface area (Å²) in [4.78, 5) is 12.8. The van der Waals surface area contributed by atoms with Crippen LogP contribution in [-0.2, 0) is 9.09 Å². The van der Waals surface area contributed by atoms with Crippen LogP contribution in [0.4, 0.5) is 5.69 Å². The van der Waals surface area contributed by atoms with Gasteiger partial charge in [-0.1, -0.05) is 30.7 Å². The maximum absolute atomic E-state index is 13.8. The van der Waals surface area contributed by atoms with Crippen molar-refractivity contribution < 1.29 is 19.0 Å². The molecule has 2 aromatic rings. The van der Waals surface area contributed by atoms with E-state index in [1.54, 1.807) is 29.9 Å². The molecule has 0 saturated heterocycles. The molecular formula is C20H25ClNO4PS. The second-order valence-corrected chi connectivity index (χ2v) is 11.6. The van der Waals surface area contributed by atoms with Crippen LogP contribution in [-0.4, -0.2) is 30.9 Å². The largest absolute Gasteiger partial charge is 0.477 e. The van der Waals surface area contributed by atoms with Crippen molar-refractivity contribution in [3.05, 3.63) is 40.2 Å². The molecule has 0 amide bonds. The first-order chi connectivity index (χ1) is 13.3. The molecule has 8 heteroatoms. The Morgan fingerprint density at radius 3 is 2.39 bits per heavy atom. The SMILES string of the molecule is COP(=O)(C1CCC(C)CC1)N(C)c1cc(-c2ccc(Cl)cc2)sc1C(=O)O. The second kappa shape index (κ2) is 8.58. The Bertz CT molecular complexity index is 890. The molecule has 0 aliphatic heterocycles. The van der Waals surface area contributed by atoms with Crippen molar-refractivity contribution in [3.8, 4) is 10.4 Å². The minimum atomic E-state index is -3.21. The summed E-state index contributed by atoms with van der Waals surface area (Å²) in [5.41, 5.74) is 1.22. The quantitative estimate of drug-likeness (QED) is 0.510. The maximum atomic E-state index is 13.8. The van der Waals surface area contributed by atoms with Crippen molar-refractivity contribution in [1.82, 2.24) is 0 Å². The zero-order chi connectivity index (χ0) is 20.5. The van der Waals surface area contributed by atoms with Gasteiger partial charge >= 0.3 is 5.97 Å². The van der Waals surface area contributed by atoms with E-state index < -0.39 is 13.5 Å². The first kappa shape index (κ1) is 21.4. The molecule has 1 aliphatic rings. The van der Waals surface area contributed by atoms with Crippen LogP contribution in [0.3, 0.4) is 0 Å². The van der Waals surface area contributed by atoms with Gasteiger partial charge < -0.3 is 14.3 Å². The van der Waals surface area contributed by atoms with Gasteiger partial charge in [0.1, 0.15) is 4.88 Å². The Kier molecular flexibility index (Phi) is 6.55. The number of carboxylic acids is 1. The number of carboxylic acid groups (broad SMARTS) is 1. The number of thiophene rings is 1. The zero-order valence-electron chi connectivity index (χ0n) is 16.2. The van der Waals surface area contributed by atoms with Crippen molar-refractivity contribution in [3.63, 3.8) is 0 Å². The van der Waals surface area contributed by atoms with E-state index in [0.717, 1.165) is 36.1 Å². The van der Waals surface area contributed by atoms with Gasteiger partial charge in [-0.05, 0) is 55.4 Å². The number of hydrogen-bond donors (Lipinski definition) is 1. The number of rotatable bonds is 6. The topological polar surface area (TPSA) is 66.8 Å². The lowest BCUT2D eigenvalue weighted by molar-refractivity contribution is 0.0703. The van der Waals surface area contributed by atoms with Gasteiger partial charge in [0.2, 0.25) is 0 Å². The van der Waals surface area contributed by atoms with Gasteiger partial charge in [-0.3, -0.25) is 4.57 Å². The molecule has 1 atom stereocenters. The van der Waals surface area contributed by atoms with Gasteiger partial charge in [-0.2, -0.15) is 0 Å². The van der Waals surface area contributed by atoms with E-state index in [9.17, 15) is 14.5 Å². The summed E-state index contributed by atoms with van der Waals surface area (Å²) in [5.74, 6) is -0.411. The third-order valence-electron chi connectivity index (χ3n) is 5.51. The number of carbonyl (C=O) groups is 1. The van der Waals surface area contributed by atoms with Crippen LogP contribution in [0.1, 0.15) is 42.3 Å². The highest BCUT2D eigenvalue weighted by Crippen LogP contribution is 2.61. The Hall–Kier alpha value is -1.33. The predicted molar refractivity (Wildman–Crippen MR) is 116 cm³/mol. The summed E-state index contributed by atoms with van der Waals surface area (Å²) < 4.78 is 21.0. The van der Waals surface area contributed by atoms with Gasteiger partial charge in [0.05, 0.1) is 11.3 Å². The van der Waals surface area contributed by atoms with Crippen LogP contribution in [0.25, 0.3) is 10.4 Å². The van der Waals surface area contributed by atoms with Crippen LogP contribution in [0.5, 0.6) is 0 Å². The van der Waals surface area contributed by atoms with Crippen LogP contribution in [0.2, 0.25) is 5.02 Å². The molecule has 1 heterocycles. The molecule has 3 rings (SSSR count). The lowest BCUT2D eigenvalue weighted by atomic mass is 9.91. The van der Waals surface area contributed by atoms with Gasteiger partial charge in [-0.25, -0.2) is 4.79 Å². The average molecular weight is 442 g/mol. The Balaban J connectivity index is 1.99. The molecule has 1 N–H and O–H groups in total. The molecule has 1 unspecified atom stereocenters. The summed E-state index contributed by atoms with van der Waals surface area (Å²) in [6.07, 6.45) is 3.68. The van der Waals surface area contributed by atoms with E-state index >= 15 is 0 Å². The highest BCUT2D eigenvalue weighted by Gasteiger charge is 2.41. The highest BCUT2D eigenvalue weighted by molar-refractivity contribution is 7.61. The first-order valence-corrected chi connectivity index (χ1v) is 12.1. The first-order valence-electron chi connectivity index (χ1n) is 9.29. The Morgan fingerprint density at radius 2 is 1.86 bits per heavy atom. The molecular weight excluding hydrogens is 417 g/mol. The van der Waals surface area contributed by atoms with Gasteiger partial charge in [0, 0.05) is 24.1 Å². The molecule has 1 aromatic carbocycles. The lowest BCUT2D eigenvalue weighted by Crippen LogP contribution is -2.27. The standard InChI is InChI=1S/C20H25ClNO4PS/c1-13-4-10-16(11-5-13)27(25,26-3)22(2)17-12-18(28-19(17)20(23)24)14-6-8-15(21)9-7-14/h6-9,12-13,16H,4-5,10-11H2,1-3H3,(H,23,24). The summed E-state index contributed by atoms with van der Waals surface area (Å²) in [6.45, 7) is 2.21. The van der Waals surface area contributed by atoms with E-state index in [-0.39, 0.29) is 10.5 Å². The summed E-state index contributed by atoms with van der Waals surface area (Å²) >= 11 is 7.13. The van der Waals surface area contributed by atoms with Gasteiger partial charge in [0.25, 0.3) is 7.52 Å². The monoisotopic (exact) mass is 441 g/mol. The zero-order valence-corrected chi connectivity index (χ0v) is 18.7. The molecule has 1 fully saturated rings. The molecule has 0 radical (unpaired) electrons. The predicted octanol–water partition coefficient (Wildman–Crippen LogP) is 6.62. The summed E-state index contributed by atoms with van der Waals surface area (Å²) in [5, 5.41) is 10.4. The normalized spacial score (nSPS) is 21.9. The number of nitrogens with zero attached hydrogens (tertiary/aromatic N) is 1. The fourth-order valence-corrected chi connectivity index (χ4v) is 7.43.